The number of β-amino-alcohol motifs (C(OH)–C–C–N with tert-alkyl or cyclic N) is 1. The molecular formula is C24H32N2O4. The number of hydrogen-bond donors (Lipinski definition) is 1. The molecule has 0 spiro atoms. The van der Waals surface area contributed by atoms with Crippen LogP contribution in [0.5, 0.6) is 17.2 Å². The average molecular weight is 413 g/mol. The molecule has 0 bridgehead atoms. The van der Waals surface area contributed by atoms with E-state index in [9.17, 15) is 5.11 Å². The number of rotatable bonds is 10. The van der Waals surface area contributed by atoms with Crippen LogP contribution in [0.25, 0.3) is 0 Å². The SMILES string of the molecule is C=CCc1cc(OC)ccc1OC[C@@H](O)CN1CCN(c2ccc(OC)cc2)CC1. The Kier molecular flexibility index (Phi) is 7.99. The normalized spacial score (nSPS) is 15.5. The standard InChI is InChI=1S/C24H32N2O4/c1-4-5-19-16-23(29-3)10-11-24(19)30-18-21(27)17-25-12-14-26(15-13-25)20-6-8-22(28-2)9-7-20/h4,6-11,16,21,27H,1,5,12-15,17-18H2,2-3H3/t21-/m0/s1. The molecule has 3 rings (SSSR count). The Morgan fingerprint density at radius 2 is 1.67 bits per heavy atom. The number of hydrogen-bond acceptors (Lipinski definition) is 6. The average Bonchev–Trinajstić information content (AvgIpc) is 2.79. The largest absolute Gasteiger partial charge is 0.497 e. The highest BCUT2D eigenvalue weighted by molar-refractivity contribution is 5.49. The number of aliphatic hydroxyl groups is 1. The zero-order chi connectivity index (χ0) is 21.3. The third-order valence-corrected chi connectivity index (χ3v) is 5.34. The molecule has 1 aliphatic heterocycles. The number of methoxy groups -OCH3 is 2. The van der Waals surface area contributed by atoms with Crippen molar-refractivity contribution in [3.8, 4) is 17.2 Å². The zero-order valence-corrected chi connectivity index (χ0v) is 17.9. The van der Waals surface area contributed by atoms with Gasteiger partial charge in [0.1, 0.15) is 30.0 Å². The van der Waals surface area contributed by atoms with E-state index in [1.165, 1.54) is 5.69 Å². The monoisotopic (exact) mass is 412 g/mol. The summed E-state index contributed by atoms with van der Waals surface area (Å²) in [7, 11) is 3.32. The number of nitrogens with zero attached hydrogens (tertiary/aromatic N) is 2. The summed E-state index contributed by atoms with van der Waals surface area (Å²) in [6.45, 7) is 8.34. The van der Waals surface area contributed by atoms with Crippen LogP contribution < -0.4 is 19.1 Å². The van der Waals surface area contributed by atoms with Gasteiger partial charge in [0.25, 0.3) is 0 Å². The fourth-order valence-corrected chi connectivity index (χ4v) is 3.66. The molecule has 2 aromatic rings. The van der Waals surface area contributed by atoms with Gasteiger partial charge in [0.15, 0.2) is 0 Å². The highest BCUT2D eigenvalue weighted by atomic mass is 16.5. The molecule has 1 aliphatic rings. The van der Waals surface area contributed by atoms with Crippen molar-refractivity contribution in [2.24, 2.45) is 0 Å². The van der Waals surface area contributed by atoms with Crippen LogP contribution in [0.2, 0.25) is 0 Å². The van der Waals surface area contributed by atoms with Crippen molar-refractivity contribution in [2.45, 2.75) is 12.5 Å². The van der Waals surface area contributed by atoms with Crippen molar-refractivity contribution >= 4 is 5.69 Å². The predicted octanol–water partition coefficient (Wildman–Crippen LogP) is 2.99. The lowest BCUT2D eigenvalue weighted by atomic mass is 10.1. The molecule has 6 nitrogen and oxygen atoms in total. The van der Waals surface area contributed by atoms with Gasteiger partial charge in [0.2, 0.25) is 0 Å². The number of anilines is 1. The zero-order valence-electron chi connectivity index (χ0n) is 17.9. The van der Waals surface area contributed by atoms with E-state index >= 15 is 0 Å². The first kappa shape index (κ1) is 22.0. The quantitative estimate of drug-likeness (QED) is 0.606. The summed E-state index contributed by atoms with van der Waals surface area (Å²) in [6.07, 6.45) is 1.98. The summed E-state index contributed by atoms with van der Waals surface area (Å²) in [5, 5.41) is 10.5. The first-order valence-electron chi connectivity index (χ1n) is 10.3. The van der Waals surface area contributed by atoms with Crippen LogP contribution >= 0.6 is 0 Å². The smallest absolute Gasteiger partial charge is 0.123 e. The fraction of sp³-hybridized carbons (Fsp3) is 0.417. The second-order valence-electron chi connectivity index (χ2n) is 7.42. The van der Waals surface area contributed by atoms with Gasteiger partial charge in [-0.25, -0.2) is 0 Å². The molecule has 2 aromatic carbocycles. The summed E-state index contributed by atoms with van der Waals surface area (Å²) < 4.78 is 16.4. The van der Waals surface area contributed by atoms with Crippen molar-refractivity contribution in [3.05, 3.63) is 60.7 Å². The van der Waals surface area contributed by atoms with Gasteiger partial charge in [-0.1, -0.05) is 6.08 Å². The van der Waals surface area contributed by atoms with Crippen LogP contribution in [-0.2, 0) is 6.42 Å². The van der Waals surface area contributed by atoms with Gasteiger partial charge in [0, 0.05) is 44.0 Å². The molecule has 1 N–H and O–H groups in total. The van der Waals surface area contributed by atoms with E-state index < -0.39 is 6.10 Å². The van der Waals surface area contributed by atoms with Gasteiger partial charge < -0.3 is 24.2 Å². The lowest BCUT2D eigenvalue weighted by Gasteiger charge is -2.36. The molecule has 30 heavy (non-hydrogen) atoms. The molecule has 0 amide bonds. The van der Waals surface area contributed by atoms with Crippen LogP contribution in [-0.4, -0.2) is 69.7 Å². The fourth-order valence-electron chi connectivity index (χ4n) is 3.66. The van der Waals surface area contributed by atoms with Gasteiger partial charge in [0.05, 0.1) is 14.2 Å². The molecule has 0 radical (unpaired) electrons. The lowest BCUT2D eigenvalue weighted by Crippen LogP contribution is -2.49. The van der Waals surface area contributed by atoms with Gasteiger partial charge >= 0.3 is 0 Å². The summed E-state index contributed by atoms with van der Waals surface area (Å²) in [5.41, 5.74) is 2.21. The summed E-state index contributed by atoms with van der Waals surface area (Å²) in [4.78, 5) is 4.64. The molecule has 0 unspecified atom stereocenters. The number of allylic oxidation sites excluding steroid dienone is 1. The maximum Gasteiger partial charge on any atom is 0.123 e. The summed E-state index contributed by atoms with van der Waals surface area (Å²) >= 11 is 0. The van der Waals surface area contributed by atoms with Crippen LogP contribution in [0.1, 0.15) is 5.56 Å². The van der Waals surface area contributed by atoms with Crippen LogP contribution in [0, 0.1) is 0 Å². The van der Waals surface area contributed by atoms with Crippen LogP contribution in [0.3, 0.4) is 0 Å². The second-order valence-corrected chi connectivity index (χ2v) is 7.42. The number of aliphatic hydroxyl groups excluding tert-OH is 1. The Morgan fingerprint density at radius 1 is 1.00 bits per heavy atom. The van der Waals surface area contributed by atoms with E-state index in [4.69, 9.17) is 14.2 Å². The Morgan fingerprint density at radius 3 is 2.30 bits per heavy atom. The number of benzene rings is 2. The van der Waals surface area contributed by atoms with Crippen LogP contribution in [0.15, 0.2) is 55.1 Å². The Hall–Kier alpha value is -2.70. The van der Waals surface area contributed by atoms with E-state index in [1.807, 2.05) is 36.4 Å². The molecule has 0 aliphatic carbocycles. The molecule has 6 heteroatoms. The summed E-state index contributed by atoms with van der Waals surface area (Å²) in [5.74, 6) is 2.42. The number of piperazine rings is 1. The van der Waals surface area contributed by atoms with Gasteiger partial charge in [-0.2, -0.15) is 0 Å². The van der Waals surface area contributed by atoms with Gasteiger partial charge in [-0.15, -0.1) is 6.58 Å². The molecule has 0 saturated carbocycles. The van der Waals surface area contributed by atoms with Crippen LogP contribution in [0.4, 0.5) is 5.69 Å². The molecule has 1 saturated heterocycles. The van der Waals surface area contributed by atoms with Crippen molar-refractivity contribution in [1.82, 2.24) is 4.90 Å². The minimum absolute atomic E-state index is 0.259. The van der Waals surface area contributed by atoms with E-state index in [0.717, 1.165) is 49.0 Å². The summed E-state index contributed by atoms with van der Waals surface area (Å²) in [6, 6.07) is 13.9. The Balaban J connectivity index is 1.46. The van der Waals surface area contributed by atoms with E-state index in [1.54, 1.807) is 14.2 Å². The molecule has 0 aromatic heterocycles. The Labute approximate surface area is 179 Å². The number of ether oxygens (including phenoxy) is 3. The molecule has 1 atom stereocenters. The maximum atomic E-state index is 10.5. The first-order valence-corrected chi connectivity index (χ1v) is 10.3. The highest BCUT2D eigenvalue weighted by Crippen LogP contribution is 2.25. The molecule has 1 fully saturated rings. The van der Waals surface area contributed by atoms with Gasteiger partial charge in [-0.3, -0.25) is 4.90 Å². The molecule has 1 heterocycles. The van der Waals surface area contributed by atoms with E-state index in [-0.39, 0.29) is 6.61 Å². The van der Waals surface area contributed by atoms with E-state index in [2.05, 4.69) is 28.5 Å². The lowest BCUT2D eigenvalue weighted by molar-refractivity contribution is 0.0660. The van der Waals surface area contributed by atoms with Crippen molar-refractivity contribution in [1.29, 1.82) is 0 Å². The first-order chi connectivity index (χ1) is 14.6. The van der Waals surface area contributed by atoms with E-state index in [0.29, 0.717) is 13.0 Å². The topological polar surface area (TPSA) is 54.4 Å². The maximum absolute atomic E-state index is 10.5. The second kappa shape index (κ2) is 10.9. The predicted molar refractivity (Wildman–Crippen MR) is 120 cm³/mol. The molecular weight excluding hydrogens is 380 g/mol. The third kappa shape index (κ3) is 5.90. The third-order valence-electron chi connectivity index (χ3n) is 5.34. The van der Waals surface area contributed by atoms with Crippen molar-refractivity contribution in [3.63, 3.8) is 0 Å². The minimum atomic E-state index is -0.545. The van der Waals surface area contributed by atoms with Gasteiger partial charge in [-0.05, 0) is 48.9 Å². The highest BCUT2D eigenvalue weighted by Gasteiger charge is 2.20. The molecule has 162 valence electrons. The Bertz CT molecular complexity index is 801. The van der Waals surface area contributed by atoms with Crippen molar-refractivity contribution in [2.75, 3.05) is 58.5 Å². The minimum Gasteiger partial charge on any atom is -0.497 e. The van der Waals surface area contributed by atoms with Crippen molar-refractivity contribution < 1.29 is 19.3 Å².